The minimum absolute atomic E-state index is 0.0435. The number of hydrogen-bond donors (Lipinski definition) is 1. The second-order valence-corrected chi connectivity index (χ2v) is 8.52. The second-order valence-electron chi connectivity index (χ2n) is 8.52. The maximum atomic E-state index is 12.4. The van der Waals surface area contributed by atoms with Crippen LogP contribution in [0, 0.1) is 16.0 Å². The van der Waals surface area contributed by atoms with E-state index in [-0.39, 0.29) is 23.6 Å². The Bertz CT molecular complexity index is 1250. The SMILES string of the molecule is COC(=O)c1cccc2c1N[C@@H](c1ccc(OCc3ccc([N+](=O)[O-])cc3)cc1)[C@H]1CC=C[C@@H]21. The number of carbonyl (C=O) groups excluding carboxylic acids is 1. The van der Waals surface area contributed by atoms with Crippen molar-refractivity contribution in [1.82, 2.24) is 0 Å². The Morgan fingerprint density at radius 1 is 1.09 bits per heavy atom. The topological polar surface area (TPSA) is 90.7 Å². The maximum Gasteiger partial charge on any atom is 0.339 e. The van der Waals surface area contributed by atoms with Gasteiger partial charge in [-0.2, -0.15) is 0 Å². The highest BCUT2D eigenvalue weighted by Gasteiger charge is 2.39. The molecule has 3 aromatic rings. The van der Waals surface area contributed by atoms with Crippen LogP contribution in [0.25, 0.3) is 0 Å². The lowest BCUT2D eigenvalue weighted by Crippen LogP contribution is -2.30. The van der Waals surface area contributed by atoms with E-state index in [0.29, 0.717) is 18.1 Å². The summed E-state index contributed by atoms with van der Waals surface area (Å²) in [5, 5.41) is 14.4. The van der Waals surface area contributed by atoms with Crippen molar-refractivity contribution in [3.05, 3.63) is 111 Å². The summed E-state index contributed by atoms with van der Waals surface area (Å²) in [4.78, 5) is 22.8. The van der Waals surface area contributed by atoms with Gasteiger partial charge in [-0.1, -0.05) is 36.4 Å². The van der Waals surface area contributed by atoms with Gasteiger partial charge in [0.2, 0.25) is 0 Å². The van der Waals surface area contributed by atoms with Crippen molar-refractivity contribution < 1.29 is 19.2 Å². The first-order valence-electron chi connectivity index (χ1n) is 11.2. The molecule has 0 radical (unpaired) electrons. The molecule has 34 heavy (non-hydrogen) atoms. The Morgan fingerprint density at radius 2 is 1.85 bits per heavy atom. The number of fused-ring (bicyclic) bond motifs is 3. The summed E-state index contributed by atoms with van der Waals surface area (Å²) in [6, 6.07) is 20.1. The maximum absolute atomic E-state index is 12.4. The lowest BCUT2D eigenvalue weighted by molar-refractivity contribution is -0.384. The molecule has 0 aromatic heterocycles. The average molecular weight is 456 g/mol. The monoisotopic (exact) mass is 456 g/mol. The van der Waals surface area contributed by atoms with Crippen molar-refractivity contribution in [2.45, 2.75) is 25.0 Å². The number of nitrogens with one attached hydrogen (secondary N) is 1. The molecule has 0 fully saturated rings. The van der Waals surface area contributed by atoms with Gasteiger partial charge in [0.15, 0.2) is 0 Å². The van der Waals surface area contributed by atoms with Crippen molar-refractivity contribution in [2.75, 3.05) is 12.4 Å². The summed E-state index contributed by atoms with van der Waals surface area (Å²) >= 11 is 0. The number of para-hydroxylation sites is 1. The Hall–Kier alpha value is -4.13. The molecule has 3 atom stereocenters. The fourth-order valence-electron chi connectivity index (χ4n) is 4.88. The molecular formula is C27H24N2O5. The third kappa shape index (κ3) is 4.01. The normalized spacial score (nSPS) is 20.1. The van der Waals surface area contributed by atoms with Gasteiger partial charge in [0.1, 0.15) is 12.4 Å². The Morgan fingerprint density at radius 3 is 2.56 bits per heavy atom. The minimum atomic E-state index is -0.417. The van der Waals surface area contributed by atoms with E-state index in [1.54, 1.807) is 18.2 Å². The molecule has 172 valence electrons. The number of esters is 1. The van der Waals surface area contributed by atoms with Crippen LogP contribution < -0.4 is 10.1 Å². The molecule has 0 unspecified atom stereocenters. The number of hydrogen-bond acceptors (Lipinski definition) is 6. The number of nitro benzene ring substituents is 1. The number of non-ortho nitro benzene ring substituents is 1. The number of carbonyl (C=O) groups is 1. The first kappa shape index (κ1) is 21.7. The van der Waals surface area contributed by atoms with Crippen LogP contribution in [-0.4, -0.2) is 18.0 Å². The molecule has 5 rings (SSSR count). The van der Waals surface area contributed by atoms with Gasteiger partial charge in [-0.3, -0.25) is 10.1 Å². The molecule has 0 bridgehead atoms. The van der Waals surface area contributed by atoms with Crippen LogP contribution in [0.2, 0.25) is 0 Å². The van der Waals surface area contributed by atoms with Crippen LogP contribution in [0.15, 0.2) is 78.9 Å². The molecule has 0 saturated heterocycles. The van der Waals surface area contributed by atoms with E-state index in [1.165, 1.54) is 19.2 Å². The largest absolute Gasteiger partial charge is 0.489 e. The summed E-state index contributed by atoms with van der Waals surface area (Å²) in [5.74, 6) is 0.962. The number of anilines is 1. The number of allylic oxidation sites excluding steroid dienone is 2. The smallest absolute Gasteiger partial charge is 0.339 e. The Kier molecular flexibility index (Phi) is 5.76. The summed E-state index contributed by atoms with van der Waals surface area (Å²) < 4.78 is 10.9. The van der Waals surface area contributed by atoms with Crippen molar-refractivity contribution >= 4 is 17.3 Å². The highest BCUT2D eigenvalue weighted by Crippen LogP contribution is 2.50. The first-order chi connectivity index (χ1) is 16.5. The molecule has 7 nitrogen and oxygen atoms in total. The van der Waals surface area contributed by atoms with Crippen LogP contribution in [0.5, 0.6) is 5.75 Å². The van der Waals surface area contributed by atoms with E-state index >= 15 is 0 Å². The number of rotatable bonds is 6. The van der Waals surface area contributed by atoms with Crippen molar-refractivity contribution in [3.63, 3.8) is 0 Å². The summed E-state index contributed by atoms with van der Waals surface area (Å²) in [7, 11) is 1.40. The average Bonchev–Trinajstić information content (AvgIpc) is 3.37. The minimum Gasteiger partial charge on any atom is -0.489 e. The fraction of sp³-hybridized carbons (Fsp3) is 0.222. The molecule has 1 heterocycles. The quantitative estimate of drug-likeness (QED) is 0.219. The van der Waals surface area contributed by atoms with Crippen LogP contribution in [-0.2, 0) is 11.3 Å². The molecule has 1 aliphatic carbocycles. The zero-order valence-electron chi connectivity index (χ0n) is 18.6. The van der Waals surface area contributed by atoms with Crippen LogP contribution in [0.3, 0.4) is 0 Å². The molecule has 0 saturated carbocycles. The highest BCUT2D eigenvalue weighted by molar-refractivity contribution is 5.97. The van der Waals surface area contributed by atoms with Crippen LogP contribution in [0.4, 0.5) is 11.4 Å². The number of nitrogens with zero attached hydrogens (tertiary/aromatic N) is 1. The van der Waals surface area contributed by atoms with Crippen LogP contribution >= 0.6 is 0 Å². The van der Waals surface area contributed by atoms with E-state index < -0.39 is 4.92 Å². The van der Waals surface area contributed by atoms with Gasteiger partial charge in [0, 0.05) is 18.1 Å². The molecule has 1 N–H and O–H groups in total. The molecule has 0 amide bonds. The Labute approximate surface area is 197 Å². The van der Waals surface area contributed by atoms with Gasteiger partial charge >= 0.3 is 5.97 Å². The van der Waals surface area contributed by atoms with E-state index in [0.717, 1.165) is 34.5 Å². The molecule has 3 aromatic carbocycles. The van der Waals surface area contributed by atoms with E-state index in [2.05, 4.69) is 23.5 Å². The summed E-state index contributed by atoms with van der Waals surface area (Å²) in [5.41, 5.74) is 4.55. The first-order valence-corrected chi connectivity index (χ1v) is 11.2. The zero-order chi connectivity index (χ0) is 23.7. The number of methoxy groups -OCH3 is 1. The lowest BCUT2D eigenvalue weighted by atomic mass is 9.76. The van der Waals surface area contributed by atoms with E-state index in [9.17, 15) is 14.9 Å². The zero-order valence-corrected chi connectivity index (χ0v) is 18.6. The molecule has 1 aliphatic heterocycles. The predicted molar refractivity (Wildman–Crippen MR) is 128 cm³/mol. The number of benzene rings is 3. The highest BCUT2D eigenvalue weighted by atomic mass is 16.6. The Balaban J connectivity index is 1.34. The van der Waals surface area contributed by atoms with E-state index in [4.69, 9.17) is 9.47 Å². The van der Waals surface area contributed by atoms with Crippen LogP contribution in [0.1, 0.15) is 45.4 Å². The van der Waals surface area contributed by atoms with Gasteiger partial charge in [-0.05, 0) is 59.4 Å². The van der Waals surface area contributed by atoms with Gasteiger partial charge < -0.3 is 14.8 Å². The molecular weight excluding hydrogens is 432 g/mol. The van der Waals surface area contributed by atoms with Crippen molar-refractivity contribution in [3.8, 4) is 5.75 Å². The van der Waals surface area contributed by atoms with Gasteiger partial charge in [0.25, 0.3) is 5.69 Å². The lowest BCUT2D eigenvalue weighted by Gasteiger charge is -2.38. The van der Waals surface area contributed by atoms with E-state index in [1.807, 2.05) is 30.3 Å². The molecule has 0 spiro atoms. The number of nitro groups is 1. The summed E-state index contributed by atoms with van der Waals surface area (Å²) in [6.45, 7) is 0.323. The van der Waals surface area contributed by atoms with Gasteiger partial charge in [-0.15, -0.1) is 0 Å². The van der Waals surface area contributed by atoms with Crippen molar-refractivity contribution in [2.24, 2.45) is 5.92 Å². The fourth-order valence-corrected chi connectivity index (χ4v) is 4.88. The van der Waals surface area contributed by atoms with Gasteiger partial charge in [-0.25, -0.2) is 4.79 Å². The second kappa shape index (κ2) is 9.02. The molecule has 7 heteroatoms. The summed E-state index contributed by atoms with van der Waals surface area (Å²) in [6.07, 6.45) is 5.41. The standard InChI is InChI=1S/C27H24N2O5/c1-33-27(30)24-7-3-6-23-21-4-2-5-22(21)25(28-26(23)24)18-10-14-20(15-11-18)34-16-17-8-12-19(13-9-17)29(31)32/h2-4,6-15,21-22,25,28H,5,16H2,1H3/t21-,22+,25+/m1/s1. The predicted octanol–water partition coefficient (Wildman–Crippen LogP) is 5.79. The van der Waals surface area contributed by atoms with Crippen molar-refractivity contribution in [1.29, 1.82) is 0 Å². The third-order valence-electron chi connectivity index (χ3n) is 6.59. The van der Waals surface area contributed by atoms with Gasteiger partial charge in [0.05, 0.1) is 29.3 Å². The third-order valence-corrected chi connectivity index (χ3v) is 6.59. The molecule has 2 aliphatic rings. The number of ether oxygens (including phenoxy) is 2.